The van der Waals surface area contributed by atoms with Gasteiger partial charge in [0.05, 0.1) is 18.9 Å². The summed E-state index contributed by atoms with van der Waals surface area (Å²) < 4.78 is 5.35. The van der Waals surface area contributed by atoms with Gasteiger partial charge in [0, 0.05) is 37.9 Å². The van der Waals surface area contributed by atoms with Crippen LogP contribution in [0.2, 0.25) is 0 Å². The summed E-state index contributed by atoms with van der Waals surface area (Å²) in [7, 11) is 0. The van der Waals surface area contributed by atoms with Crippen molar-refractivity contribution in [2.45, 2.75) is 13.3 Å². The van der Waals surface area contributed by atoms with Gasteiger partial charge in [0.2, 0.25) is 5.91 Å². The average molecular weight is 315 g/mol. The van der Waals surface area contributed by atoms with E-state index in [0.29, 0.717) is 19.8 Å². The van der Waals surface area contributed by atoms with Crippen molar-refractivity contribution >= 4 is 23.2 Å². The van der Waals surface area contributed by atoms with Crippen LogP contribution in [0, 0.1) is 0 Å². The van der Waals surface area contributed by atoms with Crippen LogP contribution in [-0.4, -0.2) is 49.6 Å². The van der Waals surface area contributed by atoms with E-state index in [4.69, 9.17) is 4.74 Å². The van der Waals surface area contributed by atoms with E-state index in [2.05, 4.69) is 10.2 Å². The van der Waals surface area contributed by atoms with E-state index in [9.17, 15) is 9.59 Å². The highest BCUT2D eigenvalue weighted by molar-refractivity contribution is 6.06. The minimum atomic E-state index is -0.107. The van der Waals surface area contributed by atoms with Gasteiger partial charge in [0.1, 0.15) is 0 Å². The van der Waals surface area contributed by atoms with Gasteiger partial charge in [0.15, 0.2) is 0 Å². The molecule has 2 aliphatic heterocycles. The highest BCUT2D eigenvalue weighted by atomic mass is 16.5. The highest BCUT2D eigenvalue weighted by Gasteiger charge is 2.28. The van der Waals surface area contributed by atoms with Crippen molar-refractivity contribution in [3.05, 3.63) is 36.0 Å². The third kappa shape index (κ3) is 3.53. The van der Waals surface area contributed by atoms with Crippen molar-refractivity contribution in [1.82, 2.24) is 4.90 Å². The van der Waals surface area contributed by atoms with Crippen molar-refractivity contribution in [1.29, 1.82) is 0 Å². The molecular weight excluding hydrogens is 294 g/mol. The molecule has 0 unspecified atom stereocenters. The Bertz CT molecular complexity index is 618. The number of amides is 2. The lowest BCUT2D eigenvalue weighted by atomic mass is 10.1. The summed E-state index contributed by atoms with van der Waals surface area (Å²) in [6.07, 6.45) is 2.86. The number of hydrogen-bond acceptors (Lipinski definition) is 4. The quantitative estimate of drug-likeness (QED) is 0.920. The van der Waals surface area contributed by atoms with Crippen molar-refractivity contribution in [2.24, 2.45) is 0 Å². The summed E-state index contributed by atoms with van der Waals surface area (Å²) in [5, 5.41) is 2.73. The molecule has 23 heavy (non-hydrogen) atoms. The van der Waals surface area contributed by atoms with E-state index in [-0.39, 0.29) is 11.8 Å². The molecule has 0 aromatic heterocycles. The lowest BCUT2D eigenvalue weighted by molar-refractivity contribution is -0.117. The van der Waals surface area contributed by atoms with Gasteiger partial charge >= 0.3 is 0 Å². The van der Waals surface area contributed by atoms with Crippen LogP contribution in [0.15, 0.2) is 36.0 Å². The third-order valence-electron chi connectivity index (χ3n) is 4.01. The highest BCUT2D eigenvalue weighted by Crippen LogP contribution is 2.24. The molecule has 1 aromatic rings. The fraction of sp³-hybridized carbons (Fsp3) is 0.412. The van der Waals surface area contributed by atoms with Gasteiger partial charge in [-0.2, -0.15) is 0 Å². The summed E-state index contributed by atoms with van der Waals surface area (Å²) in [5.74, 6) is -0.0743. The first-order valence-corrected chi connectivity index (χ1v) is 7.87. The summed E-state index contributed by atoms with van der Waals surface area (Å²) in [6, 6.07) is 7.37. The number of benzene rings is 1. The molecule has 2 aliphatic rings. The minimum Gasteiger partial charge on any atom is -0.378 e. The number of nitrogens with one attached hydrogen (secondary N) is 1. The molecule has 0 radical (unpaired) electrons. The monoisotopic (exact) mass is 315 g/mol. The summed E-state index contributed by atoms with van der Waals surface area (Å²) in [5.41, 5.74) is 2.35. The van der Waals surface area contributed by atoms with Crippen molar-refractivity contribution in [2.75, 3.05) is 43.1 Å². The molecule has 0 spiro atoms. The van der Waals surface area contributed by atoms with Crippen molar-refractivity contribution < 1.29 is 14.3 Å². The third-order valence-corrected chi connectivity index (χ3v) is 4.01. The van der Waals surface area contributed by atoms with Gasteiger partial charge in [-0.05, 0) is 30.7 Å². The molecule has 1 aromatic carbocycles. The summed E-state index contributed by atoms with van der Waals surface area (Å²) >= 11 is 0. The predicted molar refractivity (Wildman–Crippen MR) is 88.2 cm³/mol. The van der Waals surface area contributed by atoms with E-state index >= 15 is 0 Å². The van der Waals surface area contributed by atoms with Crippen LogP contribution in [0.5, 0.6) is 0 Å². The largest absolute Gasteiger partial charge is 0.378 e. The van der Waals surface area contributed by atoms with Crippen LogP contribution >= 0.6 is 0 Å². The zero-order valence-corrected chi connectivity index (χ0v) is 13.2. The van der Waals surface area contributed by atoms with Crippen LogP contribution < -0.4 is 10.2 Å². The molecule has 0 bridgehead atoms. The number of anilines is 2. The first kappa shape index (κ1) is 15.6. The first-order valence-electron chi connectivity index (χ1n) is 7.87. The van der Waals surface area contributed by atoms with Crippen LogP contribution in [0.3, 0.4) is 0 Å². The Morgan fingerprint density at radius 1 is 1.13 bits per heavy atom. The lowest BCUT2D eigenvalue weighted by Crippen LogP contribution is -2.45. The Morgan fingerprint density at radius 2 is 1.83 bits per heavy atom. The second-order valence-corrected chi connectivity index (χ2v) is 5.66. The van der Waals surface area contributed by atoms with E-state index < -0.39 is 0 Å². The van der Waals surface area contributed by atoms with Crippen molar-refractivity contribution in [3.8, 4) is 0 Å². The second kappa shape index (κ2) is 6.83. The Labute approximate surface area is 135 Å². The van der Waals surface area contributed by atoms with Gasteiger partial charge in [-0.15, -0.1) is 0 Å². The Hall–Kier alpha value is -2.34. The van der Waals surface area contributed by atoms with Crippen LogP contribution in [0.1, 0.15) is 13.3 Å². The van der Waals surface area contributed by atoms with E-state index in [1.54, 1.807) is 4.90 Å². The Kier molecular flexibility index (Phi) is 4.62. The number of nitrogens with zero attached hydrogens (tertiary/aromatic N) is 2. The molecule has 1 N–H and O–H groups in total. The molecular formula is C17H21N3O3. The Balaban J connectivity index is 1.74. The molecule has 122 valence electrons. The first-order chi connectivity index (χ1) is 11.1. The molecule has 0 atom stereocenters. The number of rotatable bonds is 3. The van der Waals surface area contributed by atoms with Crippen molar-refractivity contribution in [3.63, 3.8) is 0 Å². The summed E-state index contributed by atoms with van der Waals surface area (Å²) in [6.45, 7) is 4.99. The maximum atomic E-state index is 12.8. The molecule has 2 heterocycles. The van der Waals surface area contributed by atoms with Gasteiger partial charge in [-0.25, -0.2) is 0 Å². The number of carbonyl (C=O) groups is 2. The fourth-order valence-corrected chi connectivity index (χ4v) is 2.90. The molecule has 3 rings (SSSR count). The number of morpholine rings is 1. The van der Waals surface area contributed by atoms with E-state index in [0.717, 1.165) is 36.6 Å². The Morgan fingerprint density at radius 3 is 2.48 bits per heavy atom. The zero-order chi connectivity index (χ0) is 16.2. The number of carbonyl (C=O) groups excluding carboxylic acids is 2. The minimum absolute atomic E-state index is 0.0328. The van der Waals surface area contributed by atoms with Gasteiger partial charge < -0.3 is 19.9 Å². The topological polar surface area (TPSA) is 61.9 Å². The van der Waals surface area contributed by atoms with Crippen LogP contribution in [0.4, 0.5) is 11.4 Å². The molecule has 0 aliphatic carbocycles. The molecule has 2 amide bonds. The number of hydrogen-bond donors (Lipinski definition) is 1. The van der Waals surface area contributed by atoms with E-state index in [1.807, 2.05) is 30.3 Å². The average Bonchev–Trinajstić information content (AvgIpc) is 2.56. The lowest BCUT2D eigenvalue weighted by Gasteiger charge is -2.35. The number of ether oxygens (including phenoxy) is 1. The normalized spacial score (nSPS) is 18.7. The zero-order valence-electron chi connectivity index (χ0n) is 13.2. The maximum absolute atomic E-state index is 12.8. The molecule has 1 saturated heterocycles. The van der Waals surface area contributed by atoms with E-state index in [1.165, 1.54) is 6.92 Å². The molecule has 6 nitrogen and oxygen atoms in total. The standard InChI is InChI=1S/C17H21N3O3/c1-13(21)18-14-4-6-15(7-5-14)20-8-2-3-16(17(20)22)19-9-11-23-12-10-19/h3-7H,2,8-12H2,1H3,(H,18,21). The smallest absolute Gasteiger partial charge is 0.274 e. The SMILES string of the molecule is CC(=O)Nc1ccc(N2CCC=C(N3CCOCC3)C2=O)cc1. The van der Waals surface area contributed by atoms with Gasteiger partial charge in [-0.3, -0.25) is 9.59 Å². The predicted octanol–water partition coefficient (Wildman–Crippen LogP) is 1.60. The maximum Gasteiger partial charge on any atom is 0.274 e. The molecule has 1 fully saturated rings. The molecule has 0 saturated carbocycles. The summed E-state index contributed by atoms with van der Waals surface area (Å²) in [4.78, 5) is 27.8. The van der Waals surface area contributed by atoms with Gasteiger partial charge in [0.25, 0.3) is 5.91 Å². The van der Waals surface area contributed by atoms with Crippen LogP contribution in [0.25, 0.3) is 0 Å². The van der Waals surface area contributed by atoms with Crippen LogP contribution in [-0.2, 0) is 14.3 Å². The molecule has 6 heteroatoms. The van der Waals surface area contributed by atoms with Gasteiger partial charge in [-0.1, -0.05) is 6.08 Å². The fourth-order valence-electron chi connectivity index (χ4n) is 2.90. The second-order valence-electron chi connectivity index (χ2n) is 5.66.